The van der Waals surface area contributed by atoms with Gasteiger partial charge < -0.3 is 9.84 Å². The highest BCUT2D eigenvalue weighted by atomic mass is 32.1. The van der Waals surface area contributed by atoms with Gasteiger partial charge in [0.05, 0.1) is 4.88 Å². The van der Waals surface area contributed by atoms with E-state index in [1.807, 2.05) is 24.4 Å². The topological polar surface area (TPSA) is 68.0 Å². The van der Waals surface area contributed by atoms with Gasteiger partial charge in [-0.05, 0) is 18.4 Å². The Balaban J connectivity index is 1.93. The Labute approximate surface area is 103 Å². The van der Waals surface area contributed by atoms with Crippen molar-refractivity contribution in [2.75, 3.05) is 6.54 Å². The third-order valence-corrected chi connectivity index (χ3v) is 3.02. The maximum atomic E-state index is 11.3. The molecule has 0 saturated carbocycles. The summed E-state index contributed by atoms with van der Waals surface area (Å²) >= 11 is 1.56. The van der Waals surface area contributed by atoms with Crippen LogP contribution >= 0.6 is 11.3 Å². The van der Waals surface area contributed by atoms with Gasteiger partial charge in [-0.2, -0.15) is 4.98 Å². The summed E-state index contributed by atoms with van der Waals surface area (Å²) in [6.45, 7) is 2.53. The van der Waals surface area contributed by atoms with E-state index >= 15 is 0 Å². The van der Waals surface area contributed by atoms with Crippen molar-refractivity contribution in [3.63, 3.8) is 0 Å². The molecule has 2 aromatic rings. The molecule has 1 N–H and O–H groups in total. The molecule has 0 fully saturated rings. The normalized spacial score (nSPS) is 10.4. The largest absolute Gasteiger partial charge is 0.356 e. The van der Waals surface area contributed by atoms with Gasteiger partial charge in [-0.25, -0.2) is 0 Å². The average molecular weight is 251 g/mol. The molecule has 90 valence electrons. The standard InChI is InChI=1S/C11H13N3O2S/c1-2-12-9(15)5-6-10-13-11(14-16-10)8-4-3-7-17-8/h3-4,7H,2,5-6H2,1H3,(H,12,15). The summed E-state index contributed by atoms with van der Waals surface area (Å²) in [6.07, 6.45) is 0.851. The number of aromatic nitrogens is 2. The van der Waals surface area contributed by atoms with E-state index in [-0.39, 0.29) is 5.91 Å². The summed E-state index contributed by atoms with van der Waals surface area (Å²) in [7, 11) is 0. The highest BCUT2D eigenvalue weighted by Crippen LogP contribution is 2.21. The van der Waals surface area contributed by atoms with Crippen LogP contribution in [-0.4, -0.2) is 22.6 Å². The summed E-state index contributed by atoms with van der Waals surface area (Å²) < 4.78 is 5.08. The van der Waals surface area contributed by atoms with Crippen LogP contribution in [0.2, 0.25) is 0 Å². The predicted octanol–water partition coefficient (Wildman–Crippen LogP) is 1.87. The first-order chi connectivity index (χ1) is 8.29. The van der Waals surface area contributed by atoms with Gasteiger partial charge in [0.15, 0.2) is 0 Å². The van der Waals surface area contributed by atoms with Crippen molar-refractivity contribution in [1.82, 2.24) is 15.5 Å². The molecule has 0 atom stereocenters. The number of nitrogens with zero attached hydrogens (tertiary/aromatic N) is 2. The van der Waals surface area contributed by atoms with Gasteiger partial charge in [-0.15, -0.1) is 11.3 Å². The molecule has 0 unspecified atom stereocenters. The fourth-order valence-electron chi connectivity index (χ4n) is 1.37. The molecule has 17 heavy (non-hydrogen) atoms. The number of aryl methyl sites for hydroxylation is 1. The fourth-order valence-corrected chi connectivity index (χ4v) is 2.02. The molecule has 0 spiro atoms. The van der Waals surface area contributed by atoms with E-state index in [2.05, 4.69) is 15.5 Å². The Morgan fingerprint density at radius 3 is 3.18 bits per heavy atom. The average Bonchev–Trinajstić information content (AvgIpc) is 2.97. The number of carbonyl (C=O) groups is 1. The first-order valence-electron chi connectivity index (χ1n) is 5.42. The minimum Gasteiger partial charge on any atom is -0.356 e. The van der Waals surface area contributed by atoms with E-state index in [4.69, 9.17) is 4.52 Å². The smallest absolute Gasteiger partial charge is 0.227 e. The Hall–Kier alpha value is -1.69. The lowest BCUT2D eigenvalue weighted by molar-refractivity contribution is -0.121. The van der Waals surface area contributed by atoms with E-state index < -0.39 is 0 Å². The summed E-state index contributed by atoms with van der Waals surface area (Å²) in [4.78, 5) is 16.5. The Morgan fingerprint density at radius 2 is 2.47 bits per heavy atom. The maximum Gasteiger partial charge on any atom is 0.227 e. The third kappa shape index (κ3) is 3.13. The van der Waals surface area contributed by atoms with Crippen molar-refractivity contribution < 1.29 is 9.32 Å². The fraction of sp³-hybridized carbons (Fsp3) is 0.364. The molecule has 5 nitrogen and oxygen atoms in total. The van der Waals surface area contributed by atoms with E-state index in [9.17, 15) is 4.79 Å². The van der Waals surface area contributed by atoms with Crippen LogP contribution in [0.4, 0.5) is 0 Å². The van der Waals surface area contributed by atoms with Crippen molar-refractivity contribution in [2.45, 2.75) is 19.8 Å². The van der Waals surface area contributed by atoms with Crippen LogP contribution in [0.15, 0.2) is 22.0 Å². The van der Waals surface area contributed by atoms with Crippen molar-refractivity contribution >= 4 is 17.2 Å². The highest BCUT2D eigenvalue weighted by Gasteiger charge is 2.10. The van der Waals surface area contributed by atoms with Gasteiger partial charge in [0.2, 0.25) is 17.6 Å². The molecule has 0 aliphatic heterocycles. The van der Waals surface area contributed by atoms with E-state index in [0.717, 1.165) is 4.88 Å². The molecule has 2 aromatic heterocycles. The molecule has 6 heteroatoms. The zero-order valence-electron chi connectivity index (χ0n) is 9.47. The van der Waals surface area contributed by atoms with Gasteiger partial charge in [0.25, 0.3) is 0 Å². The lowest BCUT2D eigenvalue weighted by Gasteiger charge is -1.97. The third-order valence-electron chi connectivity index (χ3n) is 2.15. The van der Waals surface area contributed by atoms with Gasteiger partial charge in [-0.3, -0.25) is 4.79 Å². The lowest BCUT2D eigenvalue weighted by Crippen LogP contribution is -2.22. The van der Waals surface area contributed by atoms with E-state index in [1.165, 1.54) is 0 Å². The molecule has 2 heterocycles. The first-order valence-corrected chi connectivity index (χ1v) is 6.30. The van der Waals surface area contributed by atoms with Gasteiger partial charge in [0, 0.05) is 19.4 Å². The molecule has 0 aliphatic rings. The molecule has 0 saturated heterocycles. The lowest BCUT2D eigenvalue weighted by atomic mass is 10.3. The molecule has 2 rings (SSSR count). The second kappa shape index (κ2) is 5.58. The Bertz CT molecular complexity index is 479. The maximum absolute atomic E-state index is 11.3. The minimum atomic E-state index is 0.00312. The number of hydrogen-bond acceptors (Lipinski definition) is 5. The van der Waals surface area contributed by atoms with Crippen LogP contribution < -0.4 is 5.32 Å². The monoisotopic (exact) mass is 251 g/mol. The van der Waals surface area contributed by atoms with Crippen LogP contribution in [0.3, 0.4) is 0 Å². The minimum absolute atomic E-state index is 0.00312. The van der Waals surface area contributed by atoms with Crippen molar-refractivity contribution in [3.05, 3.63) is 23.4 Å². The molecule has 1 amide bonds. The van der Waals surface area contributed by atoms with Crippen molar-refractivity contribution in [1.29, 1.82) is 0 Å². The summed E-state index contributed by atoms with van der Waals surface area (Å²) in [6, 6.07) is 3.87. The second-order valence-corrected chi connectivity index (χ2v) is 4.39. The first kappa shape index (κ1) is 11.8. The highest BCUT2D eigenvalue weighted by molar-refractivity contribution is 7.13. The molecular formula is C11H13N3O2S. The molecule has 0 radical (unpaired) electrons. The van der Waals surface area contributed by atoms with Crippen LogP contribution in [0.25, 0.3) is 10.7 Å². The quantitative estimate of drug-likeness (QED) is 0.880. The van der Waals surface area contributed by atoms with Crippen LogP contribution in [0.1, 0.15) is 19.2 Å². The number of carbonyl (C=O) groups excluding carboxylic acids is 1. The van der Waals surface area contributed by atoms with Crippen molar-refractivity contribution in [2.24, 2.45) is 0 Å². The number of amides is 1. The number of hydrogen-bond donors (Lipinski definition) is 1. The van der Waals surface area contributed by atoms with Crippen LogP contribution in [-0.2, 0) is 11.2 Å². The summed E-state index contributed by atoms with van der Waals surface area (Å²) in [5.41, 5.74) is 0. The number of thiophene rings is 1. The van der Waals surface area contributed by atoms with Crippen LogP contribution in [0, 0.1) is 0 Å². The van der Waals surface area contributed by atoms with E-state index in [1.54, 1.807) is 11.3 Å². The second-order valence-electron chi connectivity index (χ2n) is 3.44. The van der Waals surface area contributed by atoms with Gasteiger partial charge in [0.1, 0.15) is 0 Å². The number of rotatable bonds is 5. The molecule has 0 aromatic carbocycles. The Morgan fingerprint density at radius 1 is 1.59 bits per heavy atom. The van der Waals surface area contributed by atoms with Gasteiger partial charge in [-0.1, -0.05) is 11.2 Å². The van der Waals surface area contributed by atoms with E-state index in [0.29, 0.717) is 31.1 Å². The number of nitrogens with one attached hydrogen (secondary N) is 1. The molecular weight excluding hydrogens is 238 g/mol. The SMILES string of the molecule is CCNC(=O)CCc1nc(-c2cccs2)no1. The van der Waals surface area contributed by atoms with Crippen LogP contribution in [0.5, 0.6) is 0 Å². The zero-order valence-corrected chi connectivity index (χ0v) is 10.3. The molecule has 0 bridgehead atoms. The zero-order chi connectivity index (χ0) is 12.1. The predicted molar refractivity (Wildman–Crippen MR) is 64.6 cm³/mol. The van der Waals surface area contributed by atoms with Gasteiger partial charge >= 0.3 is 0 Å². The van der Waals surface area contributed by atoms with Crippen molar-refractivity contribution in [3.8, 4) is 10.7 Å². The summed E-state index contributed by atoms with van der Waals surface area (Å²) in [5, 5.41) is 8.56. The molecule has 0 aliphatic carbocycles. The Kier molecular flexibility index (Phi) is 3.87. The summed E-state index contributed by atoms with van der Waals surface area (Å²) in [5.74, 6) is 1.09.